The molecule has 0 aliphatic carbocycles. The lowest BCUT2D eigenvalue weighted by Crippen LogP contribution is -2.62. The average Bonchev–Trinajstić information content (AvgIpc) is 3.06. The summed E-state index contributed by atoms with van der Waals surface area (Å²) in [5, 5.41) is 10.9. The van der Waals surface area contributed by atoms with E-state index in [-0.39, 0.29) is 17.0 Å². The van der Waals surface area contributed by atoms with Gasteiger partial charge in [-0.3, -0.25) is 9.08 Å². The molecule has 3 heterocycles. The third-order valence-electron chi connectivity index (χ3n) is 5.43. The number of nitrogens with zero attached hydrogens (tertiary/aromatic N) is 1. The SMILES string of the molecule is Cc1ccc(S(=O)(=O)O[C@H]2[C@@H]3OC[C@@H](O3)[C@@H](N3CCCCC3)[C@@H]2O)cc1. The first-order chi connectivity index (χ1) is 12.5. The number of benzene rings is 1. The Hall–Kier alpha value is -1.03. The van der Waals surface area contributed by atoms with Crippen LogP contribution in [-0.2, 0) is 23.8 Å². The number of hydrogen-bond donors (Lipinski definition) is 1. The largest absolute Gasteiger partial charge is 0.388 e. The molecule has 0 aromatic heterocycles. The molecule has 2 bridgehead atoms. The third kappa shape index (κ3) is 3.42. The van der Waals surface area contributed by atoms with E-state index in [4.69, 9.17) is 13.7 Å². The second kappa shape index (κ2) is 7.18. The molecule has 5 atom stereocenters. The molecule has 0 spiro atoms. The zero-order valence-electron chi connectivity index (χ0n) is 14.8. The van der Waals surface area contributed by atoms with Crippen LogP contribution < -0.4 is 0 Å². The van der Waals surface area contributed by atoms with Crippen LogP contribution in [0.1, 0.15) is 24.8 Å². The van der Waals surface area contributed by atoms with Crippen LogP contribution in [0.4, 0.5) is 0 Å². The predicted molar refractivity (Wildman–Crippen MR) is 93.1 cm³/mol. The molecule has 3 aliphatic heterocycles. The Kier molecular flexibility index (Phi) is 5.06. The van der Waals surface area contributed by atoms with E-state index in [0.29, 0.717) is 6.61 Å². The fourth-order valence-corrected chi connectivity index (χ4v) is 5.12. The monoisotopic (exact) mass is 383 g/mol. The van der Waals surface area contributed by atoms with Crippen LogP contribution in [0.3, 0.4) is 0 Å². The molecule has 3 fully saturated rings. The van der Waals surface area contributed by atoms with Crippen molar-refractivity contribution in [3.05, 3.63) is 29.8 Å². The number of rotatable bonds is 4. The Morgan fingerprint density at radius 2 is 1.85 bits per heavy atom. The van der Waals surface area contributed by atoms with Gasteiger partial charge in [-0.05, 0) is 45.0 Å². The van der Waals surface area contributed by atoms with Gasteiger partial charge in [-0.15, -0.1) is 0 Å². The highest BCUT2D eigenvalue weighted by Crippen LogP contribution is 2.35. The van der Waals surface area contributed by atoms with Gasteiger partial charge in [0.05, 0.1) is 17.5 Å². The summed E-state index contributed by atoms with van der Waals surface area (Å²) in [6.07, 6.45) is 0.116. The minimum absolute atomic E-state index is 0.0601. The zero-order valence-corrected chi connectivity index (χ0v) is 15.6. The van der Waals surface area contributed by atoms with Crippen molar-refractivity contribution in [1.29, 1.82) is 0 Å². The molecule has 1 aromatic carbocycles. The molecule has 144 valence electrons. The van der Waals surface area contributed by atoms with Crippen molar-refractivity contribution >= 4 is 10.1 Å². The number of aryl methyl sites for hydroxylation is 1. The lowest BCUT2D eigenvalue weighted by Gasteiger charge is -2.44. The first-order valence-electron chi connectivity index (χ1n) is 9.15. The lowest BCUT2D eigenvalue weighted by atomic mass is 9.94. The predicted octanol–water partition coefficient (Wildman–Crippen LogP) is 1.04. The van der Waals surface area contributed by atoms with Gasteiger partial charge in [-0.25, -0.2) is 0 Å². The molecule has 8 heteroatoms. The highest BCUT2D eigenvalue weighted by atomic mass is 32.2. The Balaban J connectivity index is 1.56. The standard InChI is InChI=1S/C18H25NO6S/c1-12-5-7-13(8-6-12)26(21,22)25-17-16(20)15(14-11-23-18(17)24-14)19-9-3-2-4-10-19/h5-8,14-18,20H,2-4,9-11H2,1H3/t14-,15-,16+,17-,18-/m1/s1. The highest BCUT2D eigenvalue weighted by molar-refractivity contribution is 7.86. The highest BCUT2D eigenvalue weighted by Gasteiger charge is 2.54. The van der Waals surface area contributed by atoms with Gasteiger partial charge in [0.2, 0.25) is 0 Å². The van der Waals surface area contributed by atoms with Crippen molar-refractivity contribution in [3.8, 4) is 0 Å². The number of hydrogen-bond acceptors (Lipinski definition) is 7. The molecule has 0 amide bonds. The molecular weight excluding hydrogens is 358 g/mol. The summed E-state index contributed by atoms with van der Waals surface area (Å²) in [5.41, 5.74) is 0.956. The molecule has 26 heavy (non-hydrogen) atoms. The van der Waals surface area contributed by atoms with Gasteiger partial charge in [0, 0.05) is 0 Å². The Bertz CT molecular complexity index is 731. The molecule has 1 N–H and O–H groups in total. The van der Waals surface area contributed by atoms with Crippen LogP contribution in [0.2, 0.25) is 0 Å². The number of aliphatic hydroxyl groups excluding tert-OH is 1. The second-order valence-corrected chi connectivity index (χ2v) is 8.85. The van der Waals surface area contributed by atoms with Crippen LogP contribution in [0.5, 0.6) is 0 Å². The maximum Gasteiger partial charge on any atom is 0.297 e. The van der Waals surface area contributed by atoms with Crippen molar-refractivity contribution < 1.29 is 27.2 Å². The van der Waals surface area contributed by atoms with Crippen LogP contribution in [-0.4, -0.2) is 68.8 Å². The molecule has 0 radical (unpaired) electrons. The average molecular weight is 383 g/mol. The fraction of sp³-hybridized carbons (Fsp3) is 0.667. The second-order valence-electron chi connectivity index (χ2n) is 7.28. The molecule has 3 aliphatic rings. The van der Waals surface area contributed by atoms with E-state index in [9.17, 15) is 13.5 Å². The molecule has 0 unspecified atom stereocenters. The van der Waals surface area contributed by atoms with E-state index in [1.54, 1.807) is 12.1 Å². The Morgan fingerprint density at radius 3 is 2.54 bits per heavy atom. The lowest BCUT2D eigenvalue weighted by molar-refractivity contribution is -0.208. The number of aliphatic hydroxyl groups is 1. The summed E-state index contributed by atoms with van der Waals surface area (Å²) in [6, 6.07) is 6.11. The smallest absolute Gasteiger partial charge is 0.297 e. The summed E-state index contributed by atoms with van der Waals surface area (Å²) in [5.74, 6) is 0. The maximum absolute atomic E-state index is 12.7. The third-order valence-corrected chi connectivity index (χ3v) is 6.75. The van der Waals surface area contributed by atoms with Gasteiger partial charge in [0.15, 0.2) is 12.4 Å². The van der Waals surface area contributed by atoms with Crippen LogP contribution in [0.15, 0.2) is 29.2 Å². The van der Waals surface area contributed by atoms with Crippen LogP contribution in [0, 0.1) is 6.92 Å². The number of likely N-dealkylation sites (tertiary alicyclic amines) is 1. The molecule has 0 saturated carbocycles. The van der Waals surface area contributed by atoms with Crippen molar-refractivity contribution in [2.45, 2.75) is 61.7 Å². The summed E-state index contributed by atoms with van der Waals surface area (Å²) in [7, 11) is -4.03. The van der Waals surface area contributed by atoms with Gasteiger partial charge < -0.3 is 14.6 Å². The minimum Gasteiger partial charge on any atom is -0.388 e. The number of piperidine rings is 1. The van der Waals surface area contributed by atoms with Gasteiger partial charge in [0.1, 0.15) is 12.2 Å². The van der Waals surface area contributed by atoms with Gasteiger partial charge in [-0.1, -0.05) is 24.1 Å². The van der Waals surface area contributed by atoms with E-state index < -0.39 is 28.6 Å². The quantitative estimate of drug-likeness (QED) is 0.778. The fourth-order valence-electron chi connectivity index (χ4n) is 4.04. The van der Waals surface area contributed by atoms with Gasteiger partial charge in [-0.2, -0.15) is 8.42 Å². The summed E-state index contributed by atoms with van der Waals surface area (Å²) >= 11 is 0. The molecular formula is C18H25NO6S. The molecule has 3 saturated heterocycles. The topological polar surface area (TPSA) is 85.3 Å². The molecule has 7 nitrogen and oxygen atoms in total. The maximum atomic E-state index is 12.7. The first kappa shape index (κ1) is 18.3. The zero-order chi connectivity index (χ0) is 18.3. The van der Waals surface area contributed by atoms with E-state index >= 15 is 0 Å². The Morgan fingerprint density at radius 1 is 1.15 bits per heavy atom. The summed E-state index contributed by atoms with van der Waals surface area (Å²) in [6.45, 7) is 3.95. The number of ether oxygens (including phenoxy) is 2. The normalized spacial score (nSPS) is 35.5. The Labute approximate surface area is 154 Å². The van der Waals surface area contributed by atoms with E-state index in [1.807, 2.05) is 6.92 Å². The van der Waals surface area contributed by atoms with Crippen LogP contribution in [0.25, 0.3) is 0 Å². The van der Waals surface area contributed by atoms with Gasteiger partial charge >= 0.3 is 0 Å². The first-order valence-corrected chi connectivity index (χ1v) is 10.6. The molecule has 1 aromatic rings. The number of fused-ring (bicyclic) bond motifs is 2. The summed E-state index contributed by atoms with van der Waals surface area (Å²) in [4.78, 5) is 2.24. The van der Waals surface area contributed by atoms with Crippen molar-refractivity contribution in [1.82, 2.24) is 4.90 Å². The van der Waals surface area contributed by atoms with E-state index in [0.717, 1.165) is 31.5 Å². The van der Waals surface area contributed by atoms with Crippen molar-refractivity contribution in [2.24, 2.45) is 0 Å². The molecule has 4 rings (SSSR count). The van der Waals surface area contributed by atoms with E-state index in [1.165, 1.54) is 18.6 Å². The minimum atomic E-state index is -4.03. The van der Waals surface area contributed by atoms with E-state index in [2.05, 4.69) is 4.90 Å². The summed E-state index contributed by atoms with van der Waals surface area (Å²) < 4.78 is 42.1. The van der Waals surface area contributed by atoms with Gasteiger partial charge in [0.25, 0.3) is 10.1 Å². The van der Waals surface area contributed by atoms with Crippen LogP contribution >= 0.6 is 0 Å². The van der Waals surface area contributed by atoms with Crippen molar-refractivity contribution in [2.75, 3.05) is 19.7 Å². The van der Waals surface area contributed by atoms with Crippen molar-refractivity contribution in [3.63, 3.8) is 0 Å².